The van der Waals surface area contributed by atoms with Crippen LogP contribution in [-0.2, 0) is 13.0 Å². The Morgan fingerprint density at radius 2 is 1.77 bits per heavy atom. The minimum atomic E-state index is -0.195. The second kappa shape index (κ2) is 8.85. The third kappa shape index (κ3) is 3.80. The molecule has 0 aliphatic heterocycles. The number of aromatic nitrogens is 5. The van der Waals surface area contributed by atoms with Crippen molar-refractivity contribution in [2.24, 2.45) is 5.73 Å². The highest BCUT2D eigenvalue weighted by molar-refractivity contribution is 5.99. The molecule has 3 heterocycles. The van der Waals surface area contributed by atoms with Crippen molar-refractivity contribution in [2.45, 2.75) is 25.8 Å². The van der Waals surface area contributed by atoms with E-state index in [-0.39, 0.29) is 5.56 Å². The number of H-pyrrole nitrogens is 2. The van der Waals surface area contributed by atoms with Gasteiger partial charge in [-0.2, -0.15) is 5.10 Å². The monoisotopic (exact) mass is 462 g/mol. The molecule has 0 saturated heterocycles. The van der Waals surface area contributed by atoms with E-state index in [1.807, 2.05) is 42.5 Å². The minimum absolute atomic E-state index is 0.195. The van der Waals surface area contributed by atoms with Crippen molar-refractivity contribution in [3.8, 4) is 11.3 Å². The second-order valence-electron chi connectivity index (χ2n) is 8.89. The van der Waals surface area contributed by atoms with Crippen LogP contribution in [0.4, 0.5) is 0 Å². The standard InChI is InChI=1S/C28H26N6O/c29-12-6-7-13-34-24-11-5-4-10-20(24)26(25(34)14-18-8-2-1-3-9-18)27-28(35)32-22-15-19-17-30-33-21(19)16-23(22)31-27/h1-5,8-11,15-17H,6-7,12-14,29H2,(H,30,33)(H,32,35). The molecular weight excluding hydrogens is 436 g/mol. The molecule has 3 aromatic heterocycles. The van der Waals surface area contributed by atoms with Crippen LogP contribution in [0.15, 0.2) is 77.7 Å². The number of fused-ring (bicyclic) bond motifs is 3. The maximum absolute atomic E-state index is 13.5. The fourth-order valence-electron chi connectivity index (χ4n) is 4.96. The molecule has 0 bridgehead atoms. The van der Waals surface area contributed by atoms with Gasteiger partial charge in [0.25, 0.3) is 5.56 Å². The van der Waals surface area contributed by atoms with E-state index in [1.165, 1.54) is 5.56 Å². The van der Waals surface area contributed by atoms with Crippen LogP contribution in [-0.4, -0.2) is 31.3 Å². The maximum atomic E-state index is 13.5. The molecule has 3 aromatic carbocycles. The average molecular weight is 463 g/mol. The fraction of sp³-hybridized carbons (Fsp3) is 0.179. The summed E-state index contributed by atoms with van der Waals surface area (Å²) in [6, 6.07) is 22.5. The van der Waals surface area contributed by atoms with E-state index in [0.29, 0.717) is 24.2 Å². The maximum Gasteiger partial charge on any atom is 0.275 e. The lowest BCUT2D eigenvalue weighted by atomic mass is 10.0. The van der Waals surface area contributed by atoms with Gasteiger partial charge in [-0.3, -0.25) is 9.89 Å². The SMILES string of the molecule is NCCCCn1c(Cc2ccccc2)c(-c2nc3cc4[nH]ncc4cc3[nH]c2=O)c2ccccc21. The van der Waals surface area contributed by atoms with Crippen LogP contribution in [0.2, 0.25) is 0 Å². The fourth-order valence-corrected chi connectivity index (χ4v) is 4.96. The number of nitrogens with one attached hydrogen (secondary N) is 2. The Morgan fingerprint density at radius 3 is 2.63 bits per heavy atom. The van der Waals surface area contributed by atoms with Gasteiger partial charge >= 0.3 is 0 Å². The number of nitrogens with two attached hydrogens (primary N) is 1. The smallest absolute Gasteiger partial charge is 0.275 e. The van der Waals surface area contributed by atoms with E-state index in [9.17, 15) is 4.79 Å². The molecule has 35 heavy (non-hydrogen) atoms. The number of aromatic amines is 2. The largest absolute Gasteiger partial charge is 0.344 e. The normalized spacial score (nSPS) is 11.7. The van der Waals surface area contributed by atoms with Gasteiger partial charge in [0.2, 0.25) is 0 Å². The Labute approximate surface area is 201 Å². The van der Waals surface area contributed by atoms with Crippen molar-refractivity contribution < 1.29 is 0 Å². The molecule has 0 spiro atoms. The third-order valence-electron chi connectivity index (χ3n) is 6.62. The molecule has 7 nitrogen and oxygen atoms in total. The van der Waals surface area contributed by atoms with Crippen molar-refractivity contribution in [1.29, 1.82) is 0 Å². The van der Waals surface area contributed by atoms with Gasteiger partial charge in [-0.25, -0.2) is 4.98 Å². The molecule has 0 unspecified atom stereocenters. The lowest BCUT2D eigenvalue weighted by Gasteiger charge is -2.13. The Balaban J connectivity index is 1.62. The van der Waals surface area contributed by atoms with Crippen molar-refractivity contribution in [3.05, 3.63) is 94.5 Å². The van der Waals surface area contributed by atoms with Gasteiger partial charge in [-0.1, -0.05) is 48.5 Å². The molecule has 174 valence electrons. The highest BCUT2D eigenvalue weighted by Crippen LogP contribution is 2.35. The summed E-state index contributed by atoms with van der Waals surface area (Å²) in [5.41, 5.74) is 12.6. The molecule has 0 aliphatic rings. The number of aryl methyl sites for hydroxylation is 1. The highest BCUT2D eigenvalue weighted by Gasteiger charge is 2.22. The number of rotatable bonds is 7. The summed E-state index contributed by atoms with van der Waals surface area (Å²) in [5, 5.41) is 9.07. The summed E-state index contributed by atoms with van der Waals surface area (Å²) in [4.78, 5) is 21.4. The first-order valence-electron chi connectivity index (χ1n) is 11.9. The summed E-state index contributed by atoms with van der Waals surface area (Å²) in [6.07, 6.45) is 4.36. The van der Waals surface area contributed by atoms with Crippen LogP contribution in [0.5, 0.6) is 0 Å². The van der Waals surface area contributed by atoms with Crippen molar-refractivity contribution in [2.75, 3.05) is 6.54 Å². The van der Waals surface area contributed by atoms with Crippen LogP contribution in [0.1, 0.15) is 24.1 Å². The van der Waals surface area contributed by atoms with Gasteiger partial charge in [0, 0.05) is 40.5 Å². The first-order valence-corrected chi connectivity index (χ1v) is 11.9. The quantitative estimate of drug-likeness (QED) is 0.298. The number of unbranched alkanes of at least 4 members (excludes halogenated alkanes) is 1. The molecule has 6 aromatic rings. The Morgan fingerprint density at radius 1 is 0.943 bits per heavy atom. The summed E-state index contributed by atoms with van der Waals surface area (Å²) in [5.74, 6) is 0. The van der Waals surface area contributed by atoms with Crippen LogP contribution in [0.3, 0.4) is 0 Å². The molecule has 0 saturated carbocycles. The molecule has 0 amide bonds. The summed E-state index contributed by atoms with van der Waals surface area (Å²) in [7, 11) is 0. The van der Waals surface area contributed by atoms with Gasteiger partial charge < -0.3 is 15.3 Å². The summed E-state index contributed by atoms with van der Waals surface area (Å²) >= 11 is 0. The molecule has 0 aliphatic carbocycles. The Hall–Kier alpha value is -4.23. The molecular formula is C28H26N6O. The lowest BCUT2D eigenvalue weighted by Crippen LogP contribution is -2.13. The van der Waals surface area contributed by atoms with E-state index in [4.69, 9.17) is 10.7 Å². The third-order valence-corrected chi connectivity index (χ3v) is 6.62. The first kappa shape index (κ1) is 21.3. The number of nitrogens with zero attached hydrogens (tertiary/aromatic N) is 3. The van der Waals surface area contributed by atoms with E-state index < -0.39 is 0 Å². The zero-order valence-electron chi connectivity index (χ0n) is 19.3. The Kier molecular flexibility index (Phi) is 5.39. The van der Waals surface area contributed by atoms with E-state index >= 15 is 0 Å². The molecule has 0 radical (unpaired) electrons. The predicted octanol–water partition coefficient (Wildman–Crippen LogP) is 4.75. The molecule has 0 atom stereocenters. The highest BCUT2D eigenvalue weighted by atomic mass is 16.1. The molecule has 0 fully saturated rings. The van der Waals surface area contributed by atoms with E-state index in [2.05, 4.69) is 44.0 Å². The Bertz CT molecular complexity index is 1710. The summed E-state index contributed by atoms with van der Waals surface area (Å²) in [6.45, 7) is 1.49. The van der Waals surface area contributed by atoms with E-state index in [1.54, 1.807) is 6.20 Å². The van der Waals surface area contributed by atoms with Crippen LogP contribution < -0.4 is 11.3 Å². The van der Waals surface area contributed by atoms with Crippen molar-refractivity contribution >= 4 is 32.8 Å². The van der Waals surface area contributed by atoms with Crippen LogP contribution in [0.25, 0.3) is 44.1 Å². The van der Waals surface area contributed by atoms with Gasteiger partial charge in [0.15, 0.2) is 0 Å². The molecule has 6 rings (SSSR count). The zero-order valence-corrected chi connectivity index (χ0v) is 19.3. The first-order chi connectivity index (χ1) is 17.2. The van der Waals surface area contributed by atoms with Gasteiger partial charge in [0.05, 0.1) is 22.7 Å². The van der Waals surface area contributed by atoms with Crippen molar-refractivity contribution in [1.82, 2.24) is 24.7 Å². The topological polar surface area (TPSA) is 105 Å². The number of para-hydroxylation sites is 1. The zero-order chi connectivity index (χ0) is 23.8. The molecule has 7 heteroatoms. The number of hydrogen-bond acceptors (Lipinski definition) is 4. The minimum Gasteiger partial charge on any atom is -0.344 e. The number of benzene rings is 3. The second-order valence-corrected chi connectivity index (χ2v) is 8.89. The number of hydrogen-bond donors (Lipinski definition) is 3. The van der Waals surface area contributed by atoms with Gasteiger partial charge in [-0.05, 0) is 43.1 Å². The van der Waals surface area contributed by atoms with Gasteiger partial charge in [-0.15, -0.1) is 0 Å². The van der Waals surface area contributed by atoms with Crippen molar-refractivity contribution in [3.63, 3.8) is 0 Å². The van der Waals surface area contributed by atoms with Crippen LogP contribution in [0, 0.1) is 0 Å². The van der Waals surface area contributed by atoms with Gasteiger partial charge in [0.1, 0.15) is 5.69 Å². The summed E-state index contributed by atoms with van der Waals surface area (Å²) < 4.78 is 2.34. The molecule has 4 N–H and O–H groups in total. The van der Waals surface area contributed by atoms with E-state index in [0.717, 1.165) is 58.0 Å². The average Bonchev–Trinajstić information content (AvgIpc) is 3.45. The lowest BCUT2D eigenvalue weighted by molar-refractivity contribution is 0.615. The van der Waals surface area contributed by atoms with Crippen LogP contribution >= 0.6 is 0 Å². The predicted molar refractivity (Wildman–Crippen MR) is 140 cm³/mol.